The van der Waals surface area contributed by atoms with Crippen LogP contribution < -0.4 is 0 Å². The summed E-state index contributed by atoms with van der Waals surface area (Å²) in [5.41, 5.74) is -0.668. The number of halogens is 3. The predicted octanol–water partition coefficient (Wildman–Crippen LogP) is 4.21. The van der Waals surface area contributed by atoms with Crippen molar-refractivity contribution in [2.24, 2.45) is 5.92 Å². The topological polar surface area (TPSA) is 42.4 Å². The molecule has 0 aromatic carbocycles. The summed E-state index contributed by atoms with van der Waals surface area (Å²) in [5.74, 6) is -0.0482. The number of carbonyl (C=O) groups is 1. The Kier molecular flexibility index (Phi) is 5.11. The lowest BCUT2D eigenvalue weighted by Crippen LogP contribution is -2.35. The molecule has 1 unspecified atom stereocenters. The number of alkyl halides is 3. The first-order chi connectivity index (χ1) is 11.0. The molecule has 4 nitrogen and oxygen atoms in total. The molecule has 0 saturated carbocycles. The quantitative estimate of drug-likeness (QED) is 0.807. The minimum atomic E-state index is -4.42. The minimum Gasteiger partial charge on any atom is -0.444 e. The van der Waals surface area contributed by atoms with Gasteiger partial charge >= 0.3 is 12.3 Å². The SMILES string of the molecule is Cc1ccc(C(F)(F)F)c(CC2CCN(C(=O)OC(C)(C)C)C2)n1. The van der Waals surface area contributed by atoms with Crippen LogP contribution in [-0.2, 0) is 17.3 Å². The summed E-state index contributed by atoms with van der Waals surface area (Å²) in [6.45, 7) is 7.90. The summed E-state index contributed by atoms with van der Waals surface area (Å²) in [4.78, 5) is 17.7. The van der Waals surface area contributed by atoms with Crippen molar-refractivity contribution < 1.29 is 22.7 Å². The summed E-state index contributed by atoms with van der Waals surface area (Å²) in [5, 5.41) is 0. The fourth-order valence-corrected chi connectivity index (χ4v) is 2.79. The number of rotatable bonds is 2. The molecule has 2 rings (SSSR count). The molecule has 1 atom stereocenters. The van der Waals surface area contributed by atoms with Crippen LogP contribution in [0.1, 0.15) is 44.1 Å². The van der Waals surface area contributed by atoms with Gasteiger partial charge in [0.2, 0.25) is 0 Å². The summed E-state index contributed by atoms with van der Waals surface area (Å²) < 4.78 is 44.7. The summed E-state index contributed by atoms with van der Waals surface area (Å²) in [6, 6.07) is 2.45. The molecule has 7 heteroatoms. The van der Waals surface area contributed by atoms with E-state index in [2.05, 4.69) is 4.98 Å². The van der Waals surface area contributed by atoms with Gasteiger partial charge in [-0.1, -0.05) is 0 Å². The molecule has 1 saturated heterocycles. The van der Waals surface area contributed by atoms with Crippen molar-refractivity contribution in [3.8, 4) is 0 Å². The third-order valence-electron chi connectivity index (χ3n) is 3.84. The highest BCUT2D eigenvalue weighted by Crippen LogP contribution is 2.33. The van der Waals surface area contributed by atoms with E-state index in [1.54, 1.807) is 32.6 Å². The molecule has 0 aliphatic carbocycles. The number of aryl methyl sites for hydroxylation is 1. The van der Waals surface area contributed by atoms with Crippen molar-refractivity contribution in [2.45, 2.75) is 52.3 Å². The number of aromatic nitrogens is 1. The second-order valence-corrected chi connectivity index (χ2v) is 7.23. The van der Waals surface area contributed by atoms with E-state index in [-0.39, 0.29) is 18.0 Å². The number of hydrogen-bond acceptors (Lipinski definition) is 3. The second kappa shape index (κ2) is 6.61. The van der Waals surface area contributed by atoms with E-state index in [0.29, 0.717) is 25.2 Å². The Morgan fingerprint density at radius 2 is 2.00 bits per heavy atom. The van der Waals surface area contributed by atoms with Crippen LogP contribution in [0.4, 0.5) is 18.0 Å². The first-order valence-electron chi connectivity index (χ1n) is 7.97. The van der Waals surface area contributed by atoms with Gasteiger partial charge in [0, 0.05) is 18.8 Å². The van der Waals surface area contributed by atoms with Gasteiger partial charge in [0.1, 0.15) is 5.60 Å². The predicted molar refractivity (Wildman–Crippen MR) is 83.6 cm³/mol. The molecule has 0 bridgehead atoms. The lowest BCUT2D eigenvalue weighted by atomic mass is 9.98. The molecular weight excluding hydrogens is 321 g/mol. The smallest absolute Gasteiger partial charge is 0.418 e. The van der Waals surface area contributed by atoms with Crippen LogP contribution >= 0.6 is 0 Å². The van der Waals surface area contributed by atoms with E-state index in [0.717, 1.165) is 6.07 Å². The second-order valence-electron chi connectivity index (χ2n) is 7.23. The lowest BCUT2D eigenvalue weighted by molar-refractivity contribution is -0.138. The maximum atomic E-state index is 13.1. The number of nitrogens with zero attached hydrogens (tertiary/aromatic N) is 2. The highest BCUT2D eigenvalue weighted by molar-refractivity contribution is 5.68. The minimum absolute atomic E-state index is 0.0482. The average molecular weight is 344 g/mol. The molecule has 0 spiro atoms. The molecule has 1 aliphatic rings. The van der Waals surface area contributed by atoms with Crippen molar-refractivity contribution in [3.05, 3.63) is 29.1 Å². The van der Waals surface area contributed by atoms with E-state index in [1.807, 2.05) is 0 Å². The first kappa shape index (κ1) is 18.5. The number of hydrogen-bond donors (Lipinski definition) is 0. The molecule has 1 aromatic rings. The van der Waals surface area contributed by atoms with Gasteiger partial charge in [0.15, 0.2) is 0 Å². The van der Waals surface area contributed by atoms with E-state index in [4.69, 9.17) is 4.74 Å². The zero-order valence-corrected chi connectivity index (χ0v) is 14.4. The van der Waals surface area contributed by atoms with Gasteiger partial charge in [-0.05, 0) is 58.6 Å². The fourth-order valence-electron chi connectivity index (χ4n) is 2.79. The fraction of sp³-hybridized carbons (Fsp3) is 0.647. The highest BCUT2D eigenvalue weighted by atomic mass is 19.4. The van der Waals surface area contributed by atoms with Crippen LogP contribution in [0, 0.1) is 12.8 Å². The van der Waals surface area contributed by atoms with Crippen LogP contribution in [-0.4, -0.2) is 34.7 Å². The molecule has 24 heavy (non-hydrogen) atoms. The Labute approximate surface area is 140 Å². The first-order valence-corrected chi connectivity index (χ1v) is 7.97. The Morgan fingerprint density at radius 3 is 2.58 bits per heavy atom. The Bertz CT molecular complexity index is 609. The normalized spacial score (nSPS) is 18.8. The standard InChI is InChI=1S/C17H23F3N2O2/c1-11-5-6-13(17(18,19)20)14(21-11)9-12-7-8-22(10-12)15(23)24-16(2,3)4/h5-6,12H,7-10H2,1-4H3. The Hall–Kier alpha value is -1.79. The molecule has 1 amide bonds. The Morgan fingerprint density at radius 1 is 1.33 bits per heavy atom. The summed E-state index contributed by atoms with van der Waals surface area (Å²) >= 11 is 0. The maximum absolute atomic E-state index is 13.1. The van der Waals surface area contributed by atoms with Crippen LogP contribution in [0.2, 0.25) is 0 Å². The van der Waals surface area contributed by atoms with Gasteiger partial charge in [-0.15, -0.1) is 0 Å². The lowest BCUT2D eigenvalue weighted by Gasteiger charge is -2.24. The van der Waals surface area contributed by atoms with Crippen LogP contribution in [0.3, 0.4) is 0 Å². The number of likely N-dealkylation sites (tertiary alicyclic amines) is 1. The number of carbonyl (C=O) groups excluding carboxylic acids is 1. The third-order valence-corrected chi connectivity index (χ3v) is 3.84. The van der Waals surface area contributed by atoms with Gasteiger partial charge in [0.25, 0.3) is 0 Å². The molecule has 1 aliphatic heterocycles. The maximum Gasteiger partial charge on any atom is 0.418 e. The molecule has 0 radical (unpaired) electrons. The number of ether oxygens (including phenoxy) is 1. The molecule has 1 aromatic heterocycles. The van der Waals surface area contributed by atoms with Crippen molar-refractivity contribution in [3.63, 3.8) is 0 Å². The summed E-state index contributed by atoms with van der Waals surface area (Å²) in [6.07, 6.45) is -3.99. The van der Waals surface area contributed by atoms with Crippen LogP contribution in [0.25, 0.3) is 0 Å². The van der Waals surface area contributed by atoms with Crippen molar-refractivity contribution >= 4 is 6.09 Å². The van der Waals surface area contributed by atoms with Gasteiger partial charge in [-0.2, -0.15) is 13.2 Å². The molecule has 134 valence electrons. The van der Waals surface area contributed by atoms with Crippen LogP contribution in [0.15, 0.2) is 12.1 Å². The number of pyridine rings is 1. The molecule has 1 fully saturated rings. The summed E-state index contributed by atoms with van der Waals surface area (Å²) in [7, 11) is 0. The van der Waals surface area contributed by atoms with Gasteiger partial charge in [-0.25, -0.2) is 4.79 Å². The van der Waals surface area contributed by atoms with Crippen molar-refractivity contribution in [2.75, 3.05) is 13.1 Å². The van der Waals surface area contributed by atoms with Gasteiger partial charge in [0.05, 0.1) is 11.3 Å². The van der Waals surface area contributed by atoms with Gasteiger partial charge < -0.3 is 9.64 Å². The van der Waals surface area contributed by atoms with Gasteiger partial charge in [-0.3, -0.25) is 4.98 Å². The Balaban J connectivity index is 2.06. The average Bonchev–Trinajstić information content (AvgIpc) is 2.84. The zero-order chi connectivity index (χ0) is 18.1. The molecule has 2 heterocycles. The van der Waals surface area contributed by atoms with E-state index >= 15 is 0 Å². The van der Waals surface area contributed by atoms with E-state index in [1.165, 1.54) is 6.07 Å². The highest BCUT2D eigenvalue weighted by Gasteiger charge is 2.36. The van der Waals surface area contributed by atoms with E-state index < -0.39 is 23.4 Å². The molecule has 0 N–H and O–H groups in total. The zero-order valence-electron chi connectivity index (χ0n) is 14.4. The molecular formula is C17H23F3N2O2. The third kappa shape index (κ3) is 4.85. The van der Waals surface area contributed by atoms with Crippen LogP contribution in [0.5, 0.6) is 0 Å². The van der Waals surface area contributed by atoms with E-state index in [9.17, 15) is 18.0 Å². The van der Waals surface area contributed by atoms with Crippen molar-refractivity contribution in [1.29, 1.82) is 0 Å². The monoisotopic (exact) mass is 344 g/mol. The van der Waals surface area contributed by atoms with Crippen molar-refractivity contribution in [1.82, 2.24) is 9.88 Å². The largest absolute Gasteiger partial charge is 0.444 e. The number of amides is 1.